The number of ether oxygens (including phenoxy) is 4. The molecule has 0 saturated carbocycles. The minimum absolute atomic E-state index is 0. The molecule has 4 atom stereocenters. The van der Waals surface area contributed by atoms with E-state index in [-0.39, 0.29) is 55.9 Å². The van der Waals surface area contributed by atoms with Gasteiger partial charge in [0.1, 0.15) is 0 Å². The van der Waals surface area contributed by atoms with Crippen LogP contribution in [0.4, 0.5) is 0 Å². The van der Waals surface area contributed by atoms with Gasteiger partial charge >= 0.3 is 158 Å². The Labute approximate surface area is 194 Å². The first-order chi connectivity index (χ1) is 11.3. The van der Waals surface area contributed by atoms with Crippen molar-refractivity contribution in [3.05, 3.63) is 0 Å². The molecule has 1 fully saturated rings. The number of hydrogen-bond acceptors (Lipinski definition) is 8. The summed E-state index contributed by atoms with van der Waals surface area (Å²) in [5.41, 5.74) is 0. The molecule has 0 amide bonds. The summed E-state index contributed by atoms with van der Waals surface area (Å²) in [6.07, 6.45) is -0.238. The largest absolute Gasteiger partial charge is 1.00 e. The maximum absolute atomic E-state index is 5.84. The molecular weight excluding hydrogens is 454 g/mol. The van der Waals surface area contributed by atoms with Crippen molar-refractivity contribution in [2.75, 3.05) is 75.8 Å². The van der Waals surface area contributed by atoms with E-state index in [1.54, 1.807) is 28.4 Å². The van der Waals surface area contributed by atoms with Gasteiger partial charge < -0.3 is 37.2 Å². The number of likely N-dealkylation sites (N-methyl/N-ethyl adjacent to an activating group) is 3. The molecule has 0 aromatic heterocycles. The van der Waals surface area contributed by atoms with Gasteiger partial charge in [-0.2, -0.15) is 0 Å². The van der Waals surface area contributed by atoms with Gasteiger partial charge in [-0.15, -0.1) is 0 Å². The van der Waals surface area contributed by atoms with E-state index in [4.69, 9.17) is 18.9 Å². The van der Waals surface area contributed by atoms with Crippen LogP contribution in [0.1, 0.15) is 0 Å². The van der Waals surface area contributed by atoms with Crippen molar-refractivity contribution in [3.8, 4) is 0 Å². The average Bonchev–Trinajstić information content (AvgIpc) is 2.57. The number of nitrogens with zero attached hydrogens (tertiary/aromatic N) is 3. The third-order valence-corrected chi connectivity index (χ3v) is 5.80. The second kappa shape index (κ2) is 16.0. The summed E-state index contributed by atoms with van der Waals surface area (Å²) in [7, 11) is 13.0. The van der Waals surface area contributed by atoms with E-state index in [1.807, 2.05) is 14.1 Å². The van der Waals surface area contributed by atoms with Crippen molar-refractivity contribution in [1.29, 1.82) is 0 Å². The van der Waals surface area contributed by atoms with Crippen LogP contribution in [0.3, 0.4) is 0 Å². The molecule has 1 saturated heterocycles. The van der Waals surface area contributed by atoms with Gasteiger partial charge in [0.05, 0.1) is 0 Å². The Balaban J connectivity index is -0.00000192. The van der Waals surface area contributed by atoms with Gasteiger partial charge in [0.25, 0.3) is 0 Å². The number of hydrogen-bond donors (Lipinski definition) is 1. The first-order valence-electron chi connectivity index (χ1n) is 8.05. The van der Waals surface area contributed by atoms with E-state index in [1.165, 1.54) is 0 Å². The van der Waals surface area contributed by atoms with Crippen LogP contribution in [0.2, 0.25) is 0 Å². The smallest absolute Gasteiger partial charge is 1.00 e. The summed E-state index contributed by atoms with van der Waals surface area (Å²) in [6, 6.07) is 0. The maximum Gasteiger partial charge on any atom is -1.00 e. The standard InChI is InChI=1S/C15H33N4O4.3ClH.Ti/c1-17-9-12(20-4)16-8-13(21-5)18(2)10-15(23-7)19(3)11-14(17)22-6;;;;/h12-14,16H,8-11H2,1-7H3;3*1H;/q;;;;+3/p-3. The summed E-state index contributed by atoms with van der Waals surface area (Å²) >= 11 is 2.08. The molecule has 0 aromatic rings. The molecule has 1 heterocycles. The van der Waals surface area contributed by atoms with Crippen LogP contribution in [0.5, 0.6) is 0 Å². The fraction of sp³-hybridized carbons (Fsp3) is 1.00. The number of nitrogens with one attached hydrogen (secondary N) is 1. The molecule has 0 aromatic carbocycles. The van der Waals surface area contributed by atoms with Gasteiger partial charge in [0, 0.05) is 0 Å². The topological polar surface area (TPSA) is 58.7 Å². The van der Waals surface area contributed by atoms with Crippen LogP contribution in [-0.4, -0.2) is 113 Å². The van der Waals surface area contributed by atoms with E-state index in [9.17, 15) is 0 Å². The van der Waals surface area contributed by atoms with Crippen molar-refractivity contribution in [2.24, 2.45) is 0 Å². The molecule has 1 aliphatic heterocycles. The van der Waals surface area contributed by atoms with Crippen LogP contribution in [0.15, 0.2) is 0 Å². The van der Waals surface area contributed by atoms with Crippen LogP contribution >= 0.6 is 0 Å². The summed E-state index contributed by atoms with van der Waals surface area (Å²) in [5.74, 6) is 0. The molecule has 0 aliphatic carbocycles. The molecule has 8 nitrogen and oxygen atoms in total. The van der Waals surface area contributed by atoms with Crippen molar-refractivity contribution in [3.63, 3.8) is 0 Å². The van der Waals surface area contributed by atoms with Crippen LogP contribution < -0.4 is 42.5 Å². The predicted molar refractivity (Wildman–Crippen MR) is 88.0 cm³/mol. The van der Waals surface area contributed by atoms with Gasteiger partial charge in [-0.25, -0.2) is 0 Å². The fourth-order valence-corrected chi connectivity index (χ4v) is 3.34. The van der Waals surface area contributed by atoms with Gasteiger partial charge in [0.2, 0.25) is 0 Å². The Morgan fingerprint density at radius 3 is 1.85 bits per heavy atom. The van der Waals surface area contributed by atoms with Crippen LogP contribution in [0.25, 0.3) is 0 Å². The van der Waals surface area contributed by atoms with Gasteiger partial charge in [-0.3, -0.25) is 0 Å². The molecule has 1 rings (SSSR count). The van der Waals surface area contributed by atoms with Gasteiger partial charge in [-0.1, -0.05) is 0 Å². The second-order valence-electron chi connectivity index (χ2n) is 6.24. The minimum atomic E-state index is -0.455. The normalized spacial score (nSPS) is 32.3. The Bertz CT molecular complexity index is 382. The van der Waals surface area contributed by atoms with E-state index in [0.717, 1.165) is 0 Å². The van der Waals surface area contributed by atoms with Gasteiger partial charge in [-0.05, 0) is 0 Å². The SMILES string of the molecule is COC1CN(C)C(OC)CN(C)[C]([Ti+3])(OC)CN(C)C(OC)CN1.[Cl-].[Cl-].[Cl-]. The van der Waals surface area contributed by atoms with Crippen molar-refractivity contribution in [2.45, 2.75) is 22.7 Å². The average molecular weight is 488 g/mol. The summed E-state index contributed by atoms with van der Waals surface area (Å²) < 4.78 is 22.3. The Kier molecular flexibility index (Phi) is 19.5. The third-order valence-electron chi connectivity index (χ3n) is 4.63. The zero-order valence-electron chi connectivity index (χ0n) is 17.2. The summed E-state index contributed by atoms with van der Waals surface area (Å²) in [4.78, 5) is 6.46. The number of rotatable bonds is 4. The summed E-state index contributed by atoms with van der Waals surface area (Å²) in [5, 5.41) is 3.41. The Hall–Kier alpha value is 1.26. The molecule has 4 unspecified atom stereocenters. The summed E-state index contributed by atoms with van der Waals surface area (Å²) in [6.45, 7) is 2.75. The van der Waals surface area contributed by atoms with Crippen LogP contribution in [-0.2, 0) is 39.4 Å². The molecule has 0 spiro atoms. The second-order valence-corrected chi connectivity index (χ2v) is 7.46. The zero-order valence-corrected chi connectivity index (χ0v) is 21.0. The van der Waals surface area contributed by atoms with E-state index >= 15 is 0 Å². The van der Waals surface area contributed by atoms with Crippen molar-refractivity contribution >= 4 is 0 Å². The molecule has 1 N–H and O–H groups in total. The van der Waals surface area contributed by atoms with E-state index in [0.29, 0.717) is 26.2 Å². The molecular formula is C15H33Cl3N4O4Ti. The number of methoxy groups -OCH3 is 4. The molecule has 0 bridgehead atoms. The maximum atomic E-state index is 5.84. The molecule has 12 heteroatoms. The Morgan fingerprint density at radius 1 is 0.852 bits per heavy atom. The van der Waals surface area contributed by atoms with Gasteiger partial charge in [0.15, 0.2) is 0 Å². The van der Waals surface area contributed by atoms with E-state index < -0.39 is 4.03 Å². The third kappa shape index (κ3) is 9.74. The van der Waals surface area contributed by atoms with Crippen LogP contribution in [0, 0.1) is 0 Å². The quantitative estimate of drug-likeness (QED) is 0.393. The fourth-order valence-electron chi connectivity index (χ4n) is 2.81. The number of halogens is 3. The molecule has 1 aliphatic rings. The predicted octanol–water partition coefficient (Wildman–Crippen LogP) is -9.84. The minimum Gasteiger partial charge on any atom is -1.00 e. The molecule has 0 radical (unpaired) electrons. The first kappa shape index (κ1) is 32.9. The molecule has 27 heavy (non-hydrogen) atoms. The van der Waals surface area contributed by atoms with E-state index in [2.05, 4.69) is 47.5 Å². The first-order valence-corrected chi connectivity index (χ1v) is 8.83. The van der Waals surface area contributed by atoms with Crippen molar-refractivity contribution < 1.29 is 76.6 Å². The van der Waals surface area contributed by atoms with Crippen molar-refractivity contribution in [1.82, 2.24) is 20.0 Å². The zero-order chi connectivity index (χ0) is 18.3. The molecule has 162 valence electrons. The monoisotopic (exact) mass is 486 g/mol. The Morgan fingerprint density at radius 2 is 1.41 bits per heavy atom.